The molecule has 22 heteroatoms. The Morgan fingerprint density at radius 3 is 1.97 bits per heavy atom. The molecule has 0 spiro atoms. The topological polar surface area (TPSA) is 344 Å². The Kier molecular flexibility index (Phi) is 14.2. The summed E-state index contributed by atoms with van der Waals surface area (Å²) in [7, 11) is 1.25. The highest BCUT2D eigenvalue weighted by molar-refractivity contribution is 5.89. The van der Waals surface area contributed by atoms with Crippen molar-refractivity contribution in [2.45, 2.75) is 106 Å². The van der Waals surface area contributed by atoms with Crippen LogP contribution in [0.3, 0.4) is 0 Å². The fourth-order valence-corrected chi connectivity index (χ4v) is 7.35. The van der Waals surface area contributed by atoms with Crippen molar-refractivity contribution < 1.29 is 103 Å². The Morgan fingerprint density at radius 1 is 0.692 bits per heavy atom. The maximum atomic E-state index is 14.5. The zero-order valence-corrected chi connectivity index (χ0v) is 34.6. The van der Waals surface area contributed by atoms with Crippen LogP contribution in [0.1, 0.15) is 19.4 Å². The first-order valence-electron chi connectivity index (χ1n) is 20.1. The standard InChI is InChI=1S/C43H48O22/c1-16-29(48)32(51)35(54)41(59-16)58-15-26-39(64-27(47)11-6-18-4-8-20(44)9-5-18)34(53)37(56)43(63-26)65-40-31(50)28-23(46)13-21(61-42-36(55)33(52)30(49)17(2)60-42)14-25(28)62-38(40)19-7-10-22(45)24(12-19)57-3/h4-14,16-17,26,29-30,32-37,39,41-46,48-49,51-56H,15H2,1-3H3. The SMILES string of the molecule is COc1cc(-c2oc3cc(OC4OC(C)C(O)C(O)C4O)cc(O)c3c(=O)c2OC2OC(COC3OC(C)C(O)C(O)C3O)C(OC(=O)C=Cc3ccc(O)cc3)C(O)C2O)ccc1O. The molecule has 1 aromatic heterocycles. The predicted molar refractivity (Wildman–Crippen MR) is 217 cm³/mol. The minimum absolute atomic E-state index is 0.00712. The van der Waals surface area contributed by atoms with Crippen LogP contribution >= 0.6 is 0 Å². The van der Waals surface area contributed by atoms with E-state index in [1.165, 1.54) is 69.5 Å². The minimum Gasteiger partial charge on any atom is -0.508 e. The van der Waals surface area contributed by atoms with Gasteiger partial charge in [0.05, 0.1) is 25.9 Å². The molecule has 0 aliphatic carbocycles. The highest BCUT2D eigenvalue weighted by Crippen LogP contribution is 2.41. The first kappa shape index (κ1) is 47.4. The van der Waals surface area contributed by atoms with E-state index in [-0.39, 0.29) is 34.1 Å². The first-order chi connectivity index (χ1) is 30.9. The smallest absolute Gasteiger partial charge is 0.331 e. The number of aromatic hydroxyl groups is 3. The Balaban J connectivity index is 1.24. The van der Waals surface area contributed by atoms with Crippen molar-refractivity contribution in [2.24, 2.45) is 0 Å². The highest BCUT2D eigenvalue weighted by Gasteiger charge is 2.50. The van der Waals surface area contributed by atoms with Gasteiger partial charge in [0.1, 0.15) is 83.2 Å². The Labute approximate surface area is 367 Å². The molecule has 4 heterocycles. The van der Waals surface area contributed by atoms with Gasteiger partial charge in [0.15, 0.2) is 29.7 Å². The van der Waals surface area contributed by atoms with E-state index in [0.717, 1.165) is 18.2 Å². The second kappa shape index (κ2) is 19.5. The van der Waals surface area contributed by atoms with Crippen LogP contribution in [-0.4, -0.2) is 168 Å². The molecule has 22 nitrogen and oxygen atoms in total. The van der Waals surface area contributed by atoms with Crippen molar-refractivity contribution in [3.63, 3.8) is 0 Å². The number of hydrogen-bond acceptors (Lipinski definition) is 22. The summed E-state index contributed by atoms with van der Waals surface area (Å²) in [6, 6.07) is 11.6. The third-order valence-electron chi connectivity index (χ3n) is 11.1. The van der Waals surface area contributed by atoms with Crippen LogP contribution < -0.4 is 19.6 Å². The predicted octanol–water partition coefficient (Wildman–Crippen LogP) is -0.913. The number of ether oxygens (including phenoxy) is 8. The van der Waals surface area contributed by atoms with E-state index in [2.05, 4.69) is 0 Å². The lowest BCUT2D eigenvalue weighted by atomic mass is 9.98. The van der Waals surface area contributed by atoms with Crippen LogP contribution in [0, 0.1) is 0 Å². The average molecular weight is 917 g/mol. The molecule has 4 aromatic rings. The summed E-state index contributed by atoms with van der Waals surface area (Å²) in [6.45, 7) is 2.11. The molecular weight excluding hydrogens is 868 g/mol. The summed E-state index contributed by atoms with van der Waals surface area (Å²) in [5.41, 5.74) is -0.961. The molecule has 0 radical (unpaired) electrons. The van der Waals surface area contributed by atoms with Crippen LogP contribution in [0.15, 0.2) is 69.9 Å². The van der Waals surface area contributed by atoms with E-state index in [1.807, 2.05) is 0 Å². The van der Waals surface area contributed by atoms with Gasteiger partial charge in [0, 0.05) is 23.8 Å². The molecule has 0 amide bonds. The zero-order chi connectivity index (χ0) is 47.0. The molecule has 65 heavy (non-hydrogen) atoms. The molecule has 15 unspecified atom stereocenters. The summed E-state index contributed by atoms with van der Waals surface area (Å²) in [4.78, 5) is 27.6. The number of methoxy groups -OCH3 is 1. The number of aliphatic hydroxyl groups excluding tert-OH is 8. The lowest BCUT2D eigenvalue weighted by Gasteiger charge is -2.43. The van der Waals surface area contributed by atoms with Gasteiger partial charge in [-0.05, 0) is 55.8 Å². The van der Waals surface area contributed by atoms with Gasteiger partial charge in [-0.25, -0.2) is 4.79 Å². The molecule has 3 aromatic carbocycles. The minimum atomic E-state index is -2.13. The number of fused-ring (bicyclic) bond motifs is 1. The molecule has 0 saturated carbocycles. The maximum absolute atomic E-state index is 14.5. The zero-order valence-electron chi connectivity index (χ0n) is 34.6. The van der Waals surface area contributed by atoms with Crippen LogP contribution in [0.2, 0.25) is 0 Å². The summed E-state index contributed by atoms with van der Waals surface area (Å²) in [6.07, 6.45) is -22.3. The normalized spacial score (nSPS) is 32.9. The number of aliphatic hydroxyl groups is 8. The monoisotopic (exact) mass is 916 g/mol. The van der Waals surface area contributed by atoms with Crippen LogP contribution in [0.25, 0.3) is 28.4 Å². The van der Waals surface area contributed by atoms with Gasteiger partial charge in [-0.2, -0.15) is 0 Å². The van der Waals surface area contributed by atoms with Crippen molar-refractivity contribution in [2.75, 3.05) is 13.7 Å². The molecular formula is C43H48O22. The molecule has 7 rings (SSSR count). The van der Waals surface area contributed by atoms with Gasteiger partial charge in [-0.1, -0.05) is 12.1 Å². The van der Waals surface area contributed by atoms with Crippen LogP contribution in [-0.2, 0) is 28.5 Å². The van der Waals surface area contributed by atoms with Crippen molar-refractivity contribution in [3.8, 4) is 45.8 Å². The average Bonchev–Trinajstić information content (AvgIpc) is 3.28. The highest BCUT2D eigenvalue weighted by atomic mass is 16.7. The maximum Gasteiger partial charge on any atom is 0.331 e. The van der Waals surface area contributed by atoms with E-state index < -0.39 is 133 Å². The lowest BCUT2D eigenvalue weighted by molar-refractivity contribution is -0.319. The summed E-state index contributed by atoms with van der Waals surface area (Å²) >= 11 is 0. The molecule has 11 N–H and O–H groups in total. The van der Waals surface area contributed by atoms with E-state index in [0.29, 0.717) is 5.56 Å². The van der Waals surface area contributed by atoms with Crippen molar-refractivity contribution >= 4 is 23.0 Å². The van der Waals surface area contributed by atoms with Crippen LogP contribution in [0.4, 0.5) is 0 Å². The largest absolute Gasteiger partial charge is 0.508 e. The summed E-state index contributed by atoms with van der Waals surface area (Å²) in [5, 5.41) is 116. The van der Waals surface area contributed by atoms with Gasteiger partial charge < -0.3 is 98.5 Å². The summed E-state index contributed by atoms with van der Waals surface area (Å²) < 4.78 is 51.3. The second-order valence-corrected chi connectivity index (χ2v) is 15.6. The fourth-order valence-electron chi connectivity index (χ4n) is 7.35. The number of rotatable bonds is 12. The molecule has 3 aliphatic rings. The van der Waals surface area contributed by atoms with E-state index in [1.54, 1.807) is 0 Å². The van der Waals surface area contributed by atoms with E-state index in [4.69, 9.17) is 42.3 Å². The number of phenolic OH excluding ortho intramolecular Hbond substituents is 3. The number of hydrogen-bond donors (Lipinski definition) is 11. The fraction of sp³-hybridized carbons (Fsp3) is 0.442. The quantitative estimate of drug-likeness (QED) is 0.0605. The van der Waals surface area contributed by atoms with Gasteiger partial charge >= 0.3 is 5.97 Å². The Morgan fingerprint density at radius 2 is 1.31 bits per heavy atom. The van der Waals surface area contributed by atoms with Crippen molar-refractivity contribution in [1.29, 1.82) is 0 Å². The molecule has 3 saturated heterocycles. The summed E-state index contributed by atoms with van der Waals surface area (Å²) in [5.74, 6) is -3.66. The third-order valence-corrected chi connectivity index (χ3v) is 11.1. The number of carbonyl (C=O) groups excluding carboxylic acids is 1. The van der Waals surface area contributed by atoms with Gasteiger partial charge in [-0.3, -0.25) is 4.79 Å². The molecule has 3 fully saturated rings. The first-order valence-corrected chi connectivity index (χ1v) is 20.1. The number of benzene rings is 3. The lowest BCUT2D eigenvalue weighted by Crippen LogP contribution is -2.62. The van der Waals surface area contributed by atoms with Crippen molar-refractivity contribution in [3.05, 3.63) is 76.5 Å². The van der Waals surface area contributed by atoms with Gasteiger partial charge in [-0.15, -0.1) is 0 Å². The number of phenols is 3. The molecule has 3 aliphatic heterocycles. The second-order valence-electron chi connectivity index (χ2n) is 15.6. The number of carbonyl (C=O) groups is 1. The molecule has 0 bridgehead atoms. The molecule has 15 atom stereocenters. The van der Waals surface area contributed by atoms with Crippen molar-refractivity contribution in [1.82, 2.24) is 0 Å². The Bertz CT molecular complexity index is 2400. The van der Waals surface area contributed by atoms with Crippen LogP contribution in [0.5, 0.6) is 34.5 Å². The Hall–Kier alpha value is -5.60. The third kappa shape index (κ3) is 9.84. The van der Waals surface area contributed by atoms with E-state index >= 15 is 0 Å². The molecule has 352 valence electrons. The van der Waals surface area contributed by atoms with E-state index in [9.17, 15) is 65.8 Å². The van der Waals surface area contributed by atoms with Gasteiger partial charge in [0.2, 0.25) is 23.8 Å². The number of esters is 1. The van der Waals surface area contributed by atoms with Gasteiger partial charge in [0.25, 0.3) is 0 Å².